The molecule has 4 rings (SSSR count). The van der Waals surface area contributed by atoms with E-state index in [-0.39, 0.29) is 16.4 Å². The van der Waals surface area contributed by atoms with Gasteiger partial charge in [0.15, 0.2) is 0 Å². The molecule has 0 aliphatic carbocycles. The molecule has 0 atom stereocenters. The molecule has 0 radical (unpaired) electrons. The number of amides is 1. The van der Waals surface area contributed by atoms with E-state index < -0.39 is 10.0 Å². The fourth-order valence-electron chi connectivity index (χ4n) is 4.56. The van der Waals surface area contributed by atoms with Crippen LogP contribution in [0.4, 0.5) is 5.69 Å². The van der Waals surface area contributed by atoms with E-state index in [1.54, 1.807) is 36.2 Å². The van der Waals surface area contributed by atoms with E-state index in [2.05, 4.69) is 11.0 Å². The molecule has 31 heavy (non-hydrogen) atoms. The summed E-state index contributed by atoms with van der Waals surface area (Å²) in [6, 6.07) is 14.8. The Labute approximate surface area is 185 Å². The molecule has 166 valence electrons. The zero-order chi connectivity index (χ0) is 21.8. The molecule has 0 unspecified atom stereocenters. The van der Waals surface area contributed by atoms with Crippen LogP contribution in [0.3, 0.4) is 0 Å². The molecule has 2 fully saturated rings. The molecule has 0 saturated carbocycles. The summed E-state index contributed by atoms with van der Waals surface area (Å²) >= 11 is 0. The number of carbonyl (C=O) groups excluding carboxylic acids is 1. The number of para-hydroxylation sites is 1. The van der Waals surface area contributed by atoms with E-state index in [0.29, 0.717) is 19.6 Å². The van der Waals surface area contributed by atoms with E-state index >= 15 is 0 Å². The Hall–Kier alpha value is -2.38. The normalized spacial score (nSPS) is 17.6. The van der Waals surface area contributed by atoms with Gasteiger partial charge in [-0.15, -0.1) is 0 Å². The minimum atomic E-state index is -3.69. The summed E-state index contributed by atoms with van der Waals surface area (Å²) in [5.41, 5.74) is 2.49. The zero-order valence-electron chi connectivity index (χ0n) is 18.2. The third-order valence-electron chi connectivity index (χ3n) is 6.24. The molecule has 7 heteroatoms. The number of anilines is 1. The maximum absolute atomic E-state index is 13.4. The minimum absolute atomic E-state index is 0.113. The smallest absolute Gasteiger partial charge is 0.255 e. The van der Waals surface area contributed by atoms with E-state index in [0.717, 1.165) is 43.6 Å². The molecule has 6 nitrogen and oxygen atoms in total. The van der Waals surface area contributed by atoms with Crippen LogP contribution in [0.15, 0.2) is 53.4 Å². The summed E-state index contributed by atoms with van der Waals surface area (Å²) in [7, 11) is -1.94. The van der Waals surface area contributed by atoms with Crippen molar-refractivity contribution >= 4 is 21.6 Å². The van der Waals surface area contributed by atoms with Crippen LogP contribution in [-0.2, 0) is 16.6 Å². The van der Waals surface area contributed by atoms with Crippen molar-refractivity contribution in [2.75, 3.05) is 38.1 Å². The Kier molecular flexibility index (Phi) is 6.62. The molecule has 2 aliphatic rings. The fraction of sp³-hybridized carbons (Fsp3) is 0.458. The van der Waals surface area contributed by atoms with Crippen LogP contribution in [0.1, 0.15) is 48.0 Å². The van der Waals surface area contributed by atoms with Crippen LogP contribution in [-0.4, -0.2) is 56.8 Å². The van der Waals surface area contributed by atoms with E-state index in [1.807, 2.05) is 18.2 Å². The number of carbonyl (C=O) groups is 1. The highest BCUT2D eigenvalue weighted by Crippen LogP contribution is 2.27. The standard InChI is InChI=1S/C24H31N3O3S/c1-25(19-20-11-3-5-13-22(20)26-15-9-10-16-26)24(28)21-12-4-6-14-23(21)31(29,30)27-17-7-2-8-18-27/h3-6,11-14H,2,7-10,15-19H2,1H3. The fourth-order valence-corrected chi connectivity index (χ4v) is 6.26. The molecule has 2 aromatic rings. The lowest BCUT2D eigenvalue weighted by molar-refractivity contribution is 0.0781. The number of hydrogen-bond donors (Lipinski definition) is 0. The van der Waals surface area contributed by atoms with Gasteiger partial charge in [0.1, 0.15) is 0 Å². The first-order valence-corrected chi connectivity index (χ1v) is 12.6. The van der Waals surface area contributed by atoms with Gasteiger partial charge in [-0.2, -0.15) is 4.31 Å². The summed E-state index contributed by atoms with van der Waals surface area (Å²) in [6.45, 7) is 3.54. The number of rotatable bonds is 6. The second-order valence-electron chi connectivity index (χ2n) is 8.44. The summed E-state index contributed by atoms with van der Waals surface area (Å²) < 4.78 is 28.1. The highest BCUT2D eigenvalue weighted by atomic mass is 32.2. The maximum atomic E-state index is 13.4. The van der Waals surface area contributed by atoms with Crippen LogP contribution in [0.2, 0.25) is 0 Å². The number of benzene rings is 2. The second kappa shape index (κ2) is 9.40. The van der Waals surface area contributed by atoms with Gasteiger partial charge in [-0.3, -0.25) is 4.79 Å². The van der Waals surface area contributed by atoms with Crippen LogP contribution < -0.4 is 4.90 Å². The van der Waals surface area contributed by atoms with Gasteiger partial charge in [0.05, 0.1) is 10.5 Å². The molecule has 2 aliphatic heterocycles. The second-order valence-corrected chi connectivity index (χ2v) is 10.4. The average molecular weight is 442 g/mol. The van der Waals surface area contributed by atoms with Gasteiger partial charge < -0.3 is 9.80 Å². The molecule has 0 aromatic heterocycles. The van der Waals surface area contributed by atoms with Crippen LogP contribution in [0.25, 0.3) is 0 Å². The van der Waals surface area contributed by atoms with Crippen molar-refractivity contribution in [3.05, 3.63) is 59.7 Å². The van der Waals surface area contributed by atoms with E-state index in [9.17, 15) is 13.2 Å². The van der Waals surface area contributed by atoms with Gasteiger partial charge in [0, 0.05) is 45.5 Å². The monoisotopic (exact) mass is 441 g/mol. The van der Waals surface area contributed by atoms with Gasteiger partial charge >= 0.3 is 0 Å². The number of piperidine rings is 1. The molecular formula is C24H31N3O3S. The minimum Gasteiger partial charge on any atom is -0.371 e. The van der Waals surface area contributed by atoms with Crippen LogP contribution in [0, 0.1) is 0 Å². The third kappa shape index (κ3) is 4.62. The van der Waals surface area contributed by atoms with Gasteiger partial charge in [0.25, 0.3) is 5.91 Å². The first-order valence-electron chi connectivity index (χ1n) is 11.2. The summed E-state index contributed by atoms with van der Waals surface area (Å²) in [5, 5.41) is 0. The summed E-state index contributed by atoms with van der Waals surface area (Å²) in [4.78, 5) is 17.5. The van der Waals surface area contributed by atoms with Crippen molar-refractivity contribution in [2.24, 2.45) is 0 Å². The lowest BCUT2D eigenvalue weighted by Gasteiger charge is -2.28. The predicted octanol–water partition coefficient (Wildman–Crippen LogP) is 3.73. The molecule has 0 spiro atoms. The van der Waals surface area contributed by atoms with Crippen molar-refractivity contribution in [3.8, 4) is 0 Å². The topological polar surface area (TPSA) is 60.9 Å². The highest BCUT2D eigenvalue weighted by Gasteiger charge is 2.30. The Morgan fingerprint density at radius 3 is 2.23 bits per heavy atom. The molecule has 0 N–H and O–H groups in total. The first kappa shape index (κ1) is 21.8. The SMILES string of the molecule is CN(Cc1ccccc1N1CCCC1)C(=O)c1ccccc1S(=O)(=O)N1CCCCC1. The lowest BCUT2D eigenvalue weighted by atomic mass is 10.1. The van der Waals surface area contributed by atoms with Gasteiger partial charge in [-0.25, -0.2) is 8.42 Å². The predicted molar refractivity (Wildman–Crippen MR) is 123 cm³/mol. The lowest BCUT2D eigenvalue weighted by Crippen LogP contribution is -2.37. The van der Waals surface area contributed by atoms with Crippen molar-refractivity contribution in [3.63, 3.8) is 0 Å². The van der Waals surface area contributed by atoms with E-state index in [4.69, 9.17) is 0 Å². The molecule has 0 bridgehead atoms. The van der Waals surface area contributed by atoms with Crippen molar-refractivity contribution in [1.82, 2.24) is 9.21 Å². The summed E-state index contributed by atoms with van der Waals surface area (Å²) in [6.07, 6.45) is 5.15. The highest BCUT2D eigenvalue weighted by molar-refractivity contribution is 7.89. The third-order valence-corrected chi connectivity index (χ3v) is 8.20. The average Bonchev–Trinajstić information content (AvgIpc) is 3.34. The number of sulfonamides is 1. The Balaban J connectivity index is 1.58. The first-order chi connectivity index (χ1) is 15.0. The Morgan fingerprint density at radius 1 is 0.871 bits per heavy atom. The van der Waals surface area contributed by atoms with Crippen molar-refractivity contribution in [2.45, 2.75) is 43.5 Å². The quantitative estimate of drug-likeness (QED) is 0.685. The van der Waals surface area contributed by atoms with Gasteiger partial charge in [-0.05, 0) is 49.4 Å². The number of nitrogens with zero attached hydrogens (tertiary/aromatic N) is 3. The van der Waals surface area contributed by atoms with Crippen molar-refractivity contribution in [1.29, 1.82) is 0 Å². The molecular weight excluding hydrogens is 410 g/mol. The van der Waals surface area contributed by atoms with Crippen LogP contribution >= 0.6 is 0 Å². The van der Waals surface area contributed by atoms with Gasteiger partial charge in [-0.1, -0.05) is 36.8 Å². The molecule has 2 saturated heterocycles. The molecule has 1 amide bonds. The summed E-state index contributed by atoms with van der Waals surface area (Å²) in [5.74, 6) is -0.271. The van der Waals surface area contributed by atoms with E-state index in [1.165, 1.54) is 17.1 Å². The maximum Gasteiger partial charge on any atom is 0.255 e. The zero-order valence-corrected chi connectivity index (χ0v) is 19.0. The largest absolute Gasteiger partial charge is 0.371 e. The molecule has 2 aromatic carbocycles. The molecule has 2 heterocycles. The van der Waals surface area contributed by atoms with Crippen LogP contribution in [0.5, 0.6) is 0 Å². The number of hydrogen-bond acceptors (Lipinski definition) is 4. The van der Waals surface area contributed by atoms with Crippen molar-refractivity contribution < 1.29 is 13.2 Å². The van der Waals surface area contributed by atoms with Gasteiger partial charge in [0.2, 0.25) is 10.0 Å². The Bertz CT molecular complexity index is 1030. The Morgan fingerprint density at radius 2 is 1.48 bits per heavy atom.